The second-order valence-corrected chi connectivity index (χ2v) is 7.43. The highest BCUT2D eigenvalue weighted by atomic mass is 35.5. The second kappa shape index (κ2) is 7.61. The fourth-order valence-electron chi connectivity index (χ4n) is 3.57. The molecule has 3 aromatic rings. The molecule has 0 saturated carbocycles. The van der Waals surface area contributed by atoms with Gasteiger partial charge < -0.3 is 14.6 Å². The number of para-hydroxylation sites is 2. The molecule has 2 heterocycles. The Labute approximate surface area is 163 Å². The Kier molecular flexibility index (Phi) is 5.03. The summed E-state index contributed by atoms with van der Waals surface area (Å²) in [7, 11) is 0. The maximum absolute atomic E-state index is 12.5. The molecule has 0 spiro atoms. The summed E-state index contributed by atoms with van der Waals surface area (Å²) in [4.78, 5) is 22.5. The van der Waals surface area contributed by atoms with Crippen LogP contribution in [0.2, 0.25) is 5.02 Å². The van der Waals surface area contributed by atoms with Crippen molar-refractivity contribution in [2.24, 2.45) is 0 Å². The number of carbonyl (C=O) groups is 1. The van der Waals surface area contributed by atoms with Gasteiger partial charge in [0.25, 0.3) is 5.91 Å². The molecule has 6 heteroatoms. The predicted molar refractivity (Wildman–Crippen MR) is 106 cm³/mol. The van der Waals surface area contributed by atoms with Gasteiger partial charge in [-0.15, -0.1) is 0 Å². The second-order valence-electron chi connectivity index (χ2n) is 6.99. The highest BCUT2D eigenvalue weighted by Gasteiger charge is 2.26. The molecule has 2 aromatic carbocycles. The van der Waals surface area contributed by atoms with Gasteiger partial charge in [0.05, 0.1) is 11.0 Å². The molecule has 140 valence electrons. The number of nitrogens with one attached hydrogen (secondary N) is 1. The van der Waals surface area contributed by atoms with E-state index >= 15 is 0 Å². The fourth-order valence-corrected chi connectivity index (χ4v) is 3.80. The largest absolute Gasteiger partial charge is 0.483 e. The number of hydrogen-bond donors (Lipinski definition) is 1. The number of ether oxygens (including phenoxy) is 1. The van der Waals surface area contributed by atoms with Gasteiger partial charge in [-0.3, -0.25) is 4.79 Å². The van der Waals surface area contributed by atoms with Gasteiger partial charge >= 0.3 is 0 Å². The Balaban J connectivity index is 1.32. The van der Waals surface area contributed by atoms with Crippen LogP contribution >= 0.6 is 11.6 Å². The zero-order valence-electron chi connectivity index (χ0n) is 15.2. The van der Waals surface area contributed by atoms with Gasteiger partial charge in [0, 0.05) is 24.0 Å². The lowest BCUT2D eigenvalue weighted by atomic mass is 9.96. The number of aryl methyl sites for hydroxylation is 1. The molecule has 1 saturated heterocycles. The average Bonchev–Trinajstić information content (AvgIpc) is 3.11. The number of aromatic amines is 1. The number of rotatable bonds is 4. The first-order valence-corrected chi connectivity index (χ1v) is 9.59. The molecule has 0 bridgehead atoms. The molecule has 0 radical (unpaired) electrons. The third-order valence-corrected chi connectivity index (χ3v) is 5.37. The number of carbonyl (C=O) groups excluding carboxylic acids is 1. The van der Waals surface area contributed by atoms with E-state index in [1.165, 1.54) is 0 Å². The van der Waals surface area contributed by atoms with Crippen LogP contribution in [0.4, 0.5) is 0 Å². The van der Waals surface area contributed by atoms with E-state index in [0.717, 1.165) is 48.4 Å². The summed E-state index contributed by atoms with van der Waals surface area (Å²) in [6, 6.07) is 13.5. The van der Waals surface area contributed by atoms with Crippen LogP contribution in [0, 0.1) is 6.92 Å². The first-order valence-electron chi connectivity index (χ1n) is 9.21. The van der Waals surface area contributed by atoms with Gasteiger partial charge in [-0.1, -0.05) is 23.7 Å². The van der Waals surface area contributed by atoms with E-state index in [1.807, 2.05) is 42.2 Å². The summed E-state index contributed by atoms with van der Waals surface area (Å²) < 4.78 is 5.69. The smallest absolute Gasteiger partial charge is 0.260 e. The summed E-state index contributed by atoms with van der Waals surface area (Å²) in [5.41, 5.74) is 2.99. The van der Waals surface area contributed by atoms with Gasteiger partial charge in [0.1, 0.15) is 11.6 Å². The van der Waals surface area contributed by atoms with Crippen molar-refractivity contribution in [3.05, 3.63) is 58.9 Å². The lowest BCUT2D eigenvalue weighted by molar-refractivity contribution is -0.134. The quantitative estimate of drug-likeness (QED) is 0.730. The average molecular weight is 384 g/mol. The molecular formula is C21H22ClN3O2. The van der Waals surface area contributed by atoms with Gasteiger partial charge in [-0.25, -0.2) is 4.98 Å². The topological polar surface area (TPSA) is 58.2 Å². The van der Waals surface area contributed by atoms with Gasteiger partial charge in [0.2, 0.25) is 0 Å². The number of halogens is 1. The van der Waals surface area contributed by atoms with Gasteiger partial charge in [0.15, 0.2) is 6.61 Å². The summed E-state index contributed by atoms with van der Waals surface area (Å²) in [6.45, 7) is 3.43. The molecule has 5 nitrogen and oxygen atoms in total. The number of amides is 1. The van der Waals surface area contributed by atoms with Crippen LogP contribution in [0.1, 0.15) is 30.1 Å². The number of nitrogens with zero attached hydrogens (tertiary/aromatic N) is 2. The van der Waals surface area contributed by atoms with E-state index in [-0.39, 0.29) is 12.5 Å². The number of imidazole rings is 1. The van der Waals surface area contributed by atoms with Crippen LogP contribution in [-0.4, -0.2) is 40.5 Å². The molecule has 27 heavy (non-hydrogen) atoms. The molecule has 1 fully saturated rings. The fraction of sp³-hybridized carbons (Fsp3) is 0.333. The molecule has 1 N–H and O–H groups in total. The van der Waals surface area contributed by atoms with Crippen LogP contribution < -0.4 is 4.74 Å². The van der Waals surface area contributed by atoms with Crippen LogP contribution in [0.15, 0.2) is 42.5 Å². The van der Waals surface area contributed by atoms with Crippen molar-refractivity contribution in [1.82, 2.24) is 14.9 Å². The number of piperidine rings is 1. The molecule has 0 atom stereocenters. The maximum Gasteiger partial charge on any atom is 0.260 e. The summed E-state index contributed by atoms with van der Waals surface area (Å²) >= 11 is 5.95. The Bertz CT molecular complexity index is 928. The Hall–Kier alpha value is -2.53. The van der Waals surface area contributed by atoms with E-state index in [0.29, 0.717) is 16.7 Å². The normalized spacial score (nSPS) is 15.3. The molecular weight excluding hydrogens is 362 g/mol. The molecule has 0 unspecified atom stereocenters. The summed E-state index contributed by atoms with van der Waals surface area (Å²) in [6.07, 6.45) is 1.82. The zero-order valence-corrected chi connectivity index (χ0v) is 16.0. The van der Waals surface area contributed by atoms with Crippen molar-refractivity contribution in [2.75, 3.05) is 19.7 Å². The Morgan fingerprint density at radius 1 is 1.26 bits per heavy atom. The Morgan fingerprint density at radius 2 is 2.04 bits per heavy atom. The molecule has 1 amide bonds. The maximum atomic E-state index is 12.5. The van der Waals surface area contributed by atoms with Crippen molar-refractivity contribution in [3.8, 4) is 5.75 Å². The first kappa shape index (κ1) is 17.9. The van der Waals surface area contributed by atoms with Crippen LogP contribution in [0.3, 0.4) is 0 Å². The molecule has 0 aliphatic carbocycles. The molecule has 1 aliphatic heterocycles. The minimum Gasteiger partial charge on any atom is -0.483 e. The van der Waals surface area contributed by atoms with Crippen LogP contribution in [-0.2, 0) is 4.79 Å². The first-order chi connectivity index (χ1) is 13.1. The number of benzene rings is 2. The Morgan fingerprint density at radius 3 is 2.78 bits per heavy atom. The minimum absolute atomic E-state index is 0.0207. The third-order valence-electron chi connectivity index (χ3n) is 5.13. The van der Waals surface area contributed by atoms with Crippen molar-refractivity contribution >= 4 is 28.5 Å². The highest BCUT2D eigenvalue weighted by molar-refractivity contribution is 6.30. The van der Waals surface area contributed by atoms with Gasteiger partial charge in [-0.05, 0) is 55.7 Å². The van der Waals surface area contributed by atoms with Crippen molar-refractivity contribution in [2.45, 2.75) is 25.7 Å². The van der Waals surface area contributed by atoms with Crippen molar-refractivity contribution in [1.29, 1.82) is 0 Å². The third kappa shape index (κ3) is 3.93. The van der Waals surface area contributed by atoms with E-state index in [9.17, 15) is 4.79 Å². The predicted octanol–water partition coefficient (Wildman–Crippen LogP) is 4.31. The number of aromatic nitrogens is 2. The number of likely N-dealkylation sites (tertiary alicyclic amines) is 1. The van der Waals surface area contributed by atoms with E-state index in [4.69, 9.17) is 21.3 Å². The molecule has 1 aromatic heterocycles. The molecule has 4 rings (SSSR count). The van der Waals surface area contributed by atoms with Gasteiger partial charge in [-0.2, -0.15) is 0 Å². The van der Waals surface area contributed by atoms with Crippen LogP contribution in [0.5, 0.6) is 5.75 Å². The summed E-state index contributed by atoms with van der Waals surface area (Å²) in [5, 5.41) is 0.666. The van der Waals surface area contributed by atoms with Crippen molar-refractivity contribution in [3.63, 3.8) is 0 Å². The monoisotopic (exact) mass is 383 g/mol. The van der Waals surface area contributed by atoms with E-state index in [2.05, 4.69) is 4.98 Å². The number of H-pyrrole nitrogens is 1. The lowest BCUT2D eigenvalue weighted by Gasteiger charge is -2.31. The SMILES string of the molecule is Cc1cc(Cl)ccc1OCC(=O)N1CCC(c2nc3ccccc3[nH]2)CC1. The van der Waals surface area contributed by atoms with E-state index in [1.54, 1.807) is 12.1 Å². The number of hydrogen-bond acceptors (Lipinski definition) is 3. The van der Waals surface area contributed by atoms with Crippen LogP contribution in [0.25, 0.3) is 11.0 Å². The van der Waals surface area contributed by atoms with E-state index < -0.39 is 0 Å². The lowest BCUT2D eigenvalue weighted by Crippen LogP contribution is -2.40. The van der Waals surface area contributed by atoms with Crippen molar-refractivity contribution < 1.29 is 9.53 Å². The highest BCUT2D eigenvalue weighted by Crippen LogP contribution is 2.28. The molecule has 1 aliphatic rings. The number of fused-ring (bicyclic) bond motifs is 1. The standard InChI is InChI=1S/C21H22ClN3O2/c1-14-12-16(22)6-7-19(14)27-13-20(26)25-10-8-15(9-11-25)21-23-17-4-2-3-5-18(17)24-21/h2-7,12,15H,8-11,13H2,1H3,(H,23,24). The zero-order chi connectivity index (χ0) is 18.8. The summed E-state index contributed by atoms with van der Waals surface area (Å²) in [5.74, 6) is 2.11. The minimum atomic E-state index is 0.0207.